The number of nitrogens with two attached hydrogens (primary N) is 1. The summed E-state index contributed by atoms with van der Waals surface area (Å²) in [6, 6.07) is 4.27. The minimum absolute atomic E-state index is 0.0426. The number of nitrogens with zero attached hydrogens (tertiary/aromatic N) is 3. The number of methoxy groups -OCH3 is 1. The van der Waals surface area contributed by atoms with E-state index in [2.05, 4.69) is 15.3 Å². The minimum Gasteiger partial charge on any atom is -0.495 e. The molecule has 0 spiro atoms. The van der Waals surface area contributed by atoms with Crippen molar-refractivity contribution in [3.05, 3.63) is 36.3 Å². The summed E-state index contributed by atoms with van der Waals surface area (Å²) >= 11 is 0. The van der Waals surface area contributed by atoms with Gasteiger partial charge in [0.05, 0.1) is 7.11 Å². The molecule has 12 heteroatoms. The van der Waals surface area contributed by atoms with E-state index in [4.69, 9.17) is 15.2 Å². The van der Waals surface area contributed by atoms with Gasteiger partial charge in [0.15, 0.2) is 18.1 Å². The molecule has 31 heavy (non-hydrogen) atoms. The first kappa shape index (κ1) is 22.4. The summed E-state index contributed by atoms with van der Waals surface area (Å²) in [5.74, 6) is -1.50. The van der Waals surface area contributed by atoms with Crippen molar-refractivity contribution in [1.82, 2.24) is 14.3 Å². The van der Waals surface area contributed by atoms with Crippen molar-refractivity contribution >= 4 is 33.4 Å². The van der Waals surface area contributed by atoms with Crippen molar-refractivity contribution in [3.8, 4) is 5.75 Å². The van der Waals surface area contributed by atoms with E-state index in [1.165, 1.54) is 42.0 Å². The number of nitrogens with one attached hydrogen (secondary N) is 1. The smallest absolute Gasteiger partial charge is 0.361 e. The highest BCUT2D eigenvalue weighted by Crippen LogP contribution is 2.31. The van der Waals surface area contributed by atoms with Gasteiger partial charge in [-0.05, 0) is 31.0 Å². The van der Waals surface area contributed by atoms with Gasteiger partial charge < -0.3 is 20.5 Å². The molecule has 1 aliphatic heterocycles. The number of hydrogen-bond donors (Lipinski definition) is 2. The van der Waals surface area contributed by atoms with Gasteiger partial charge in [-0.25, -0.2) is 23.2 Å². The van der Waals surface area contributed by atoms with Gasteiger partial charge in [-0.1, -0.05) is 6.42 Å². The van der Waals surface area contributed by atoms with Crippen LogP contribution in [0.5, 0.6) is 5.75 Å². The Labute approximate surface area is 179 Å². The number of benzene rings is 1. The molecule has 1 aromatic heterocycles. The van der Waals surface area contributed by atoms with E-state index in [1.807, 2.05) is 0 Å². The molecule has 1 amide bonds. The molecule has 1 fully saturated rings. The van der Waals surface area contributed by atoms with Gasteiger partial charge in [0.1, 0.15) is 10.6 Å². The highest BCUT2D eigenvalue weighted by molar-refractivity contribution is 7.89. The quantitative estimate of drug-likeness (QED) is 0.590. The third-order valence-electron chi connectivity index (χ3n) is 4.63. The van der Waals surface area contributed by atoms with Crippen LogP contribution in [0.4, 0.5) is 11.5 Å². The summed E-state index contributed by atoms with van der Waals surface area (Å²) in [5.41, 5.74) is 5.57. The molecular weight excluding hydrogens is 426 g/mol. The Kier molecular flexibility index (Phi) is 7.02. The van der Waals surface area contributed by atoms with E-state index >= 15 is 0 Å². The number of carbonyl (C=O) groups excluding carboxylic acids is 2. The maximum Gasteiger partial charge on any atom is 0.361 e. The standard InChI is InChI=1S/C19H23N5O6S/c1-29-14-6-5-13(11-15(14)31(27,28)24-9-3-2-4-10-24)23-16(25)12-30-19(26)17-18(20)22-8-7-21-17/h5-8,11H,2-4,9-10,12H2,1H3,(H2,20,22)(H,23,25). The lowest BCUT2D eigenvalue weighted by Crippen LogP contribution is -2.35. The Balaban J connectivity index is 1.70. The largest absolute Gasteiger partial charge is 0.495 e. The first-order valence-corrected chi connectivity index (χ1v) is 11.0. The van der Waals surface area contributed by atoms with Gasteiger partial charge in [0.25, 0.3) is 5.91 Å². The van der Waals surface area contributed by atoms with E-state index in [0.29, 0.717) is 13.1 Å². The number of esters is 1. The lowest BCUT2D eigenvalue weighted by Gasteiger charge is -2.26. The van der Waals surface area contributed by atoms with Gasteiger partial charge in [-0.2, -0.15) is 4.31 Å². The summed E-state index contributed by atoms with van der Waals surface area (Å²) in [7, 11) is -2.41. The number of sulfonamides is 1. The molecule has 0 bridgehead atoms. The molecule has 11 nitrogen and oxygen atoms in total. The fourth-order valence-corrected chi connectivity index (χ4v) is 4.80. The number of amides is 1. The van der Waals surface area contributed by atoms with Crippen LogP contribution in [0.1, 0.15) is 29.8 Å². The summed E-state index contributed by atoms with van der Waals surface area (Å²) in [4.78, 5) is 31.6. The maximum absolute atomic E-state index is 13.0. The van der Waals surface area contributed by atoms with Crippen LogP contribution in [0.15, 0.2) is 35.5 Å². The predicted octanol–water partition coefficient (Wildman–Crippen LogP) is 1.04. The van der Waals surface area contributed by atoms with Crippen LogP contribution < -0.4 is 15.8 Å². The fraction of sp³-hybridized carbons (Fsp3) is 0.368. The Morgan fingerprint density at radius 1 is 1.16 bits per heavy atom. The zero-order valence-electron chi connectivity index (χ0n) is 16.9. The molecule has 2 aromatic rings. The van der Waals surface area contributed by atoms with E-state index in [0.717, 1.165) is 19.3 Å². The van der Waals surface area contributed by atoms with Crippen molar-refractivity contribution in [2.75, 3.05) is 37.9 Å². The van der Waals surface area contributed by atoms with Crippen molar-refractivity contribution in [1.29, 1.82) is 0 Å². The second-order valence-corrected chi connectivity index (χ2v) is 8.65. The van der Waals surface area contributed by atoms with Gasteiger partial charge in [-0.3, -0.25) is 4.79 Å². The molecular formula is C19H23N5O6S. The molecule has 0 radical (unpaired) electrons. The van der Waals surface area contributed by atoms with E-state index in [-0.39, 0.29) is 27.8 Å². The lowest BCUT2D eigenvalue weighted by atomic mass is 10.2. The first-order chi connectivity index (χ1) is 14.8. The van der Waals surface area contributed by atoms with Crippen LogP contribution in [0.2, 0.25) is 0 Å². The van der Waals surface area contributed by atoms with E-state index in [1.54, 1.807) is 0 Å². The van der Waals surface area contributed by atoms with Crippen LogP contribution in [0.3, 0.4) is 0 Å². The topological polar surface area (TPSA) is 154 Å². The molecule has 0 atom stereocenters. The molecule has 0 aliphatic carbocycles. The van der Waals surface area contributed by atoms with Crippen LogP contribution >= 0.6 is 0 Å². The highest BCUT2D eigenvalue weighted by atomic mass is 32.2. The molecule has 0 unspecified atom stereocenters. The van der Waals surface area contributed by atoms with Gasteiger partial charge in [0, 0.05) is 31.2 Å². The number of carbonyl (C=O) groups is 2. The number of anilines is 2. The first-order valence-electron chi connectivity index (χ1n) is 9.54. The Morgan fingerprint density at radius 3 is 2.55 bits per heavy atom. The molecule has 2 heterocycles. The monoisotopic (exact) mass is 449 g/mol. The molecule has 0 saturated carbocycles. The zero-order valence-corrected chi connectivity index (χ0v) is 17.7. The Morgan fingerprint density at radius 2 is 1.87 bits per heavy atom. The molecule has 3 rings (SSSR count). The van der Waals surface area contributed by atoms with Crippen molar-refractivity contribution in [2.24, 2.45) is 0 Å². The normalized spacial score (nSPS) is 14.6. The Hall–Kier alpha value is -3.25. The van der Waals surface area contributed by atoms with Crippen molar-refractivity contribution in [3.63, 3.8) is 0 Å². The second kappa shape index (κ2) is 9.71. The molecule has 1 saturated heterocycles. The molecule has 3 N–H and O–H groups in total. The number of aromatic nitrogens is 2. The van der Waals surface area contributed by atoms with Gasteiger partial charge in [0.2, 0.25) is 10.0 Å². The van der Waals surface area contributed by atoms with Crippen molar-refractivity contribution in [2.45, 2.75) is 24.2 Å². The third kappa shape index (κ3) is 5.27. The molecule has 1 aromatic carbocycles. The Bertz CT molecular complexity index is 1070. The average molecular weight is 449 g/mol. The number of ether oxygens (including phenoxy) is 2. The lowest BCUT2D eigenvalue weighted by molar-refractivity contribution is -0.119. The van der Waals surface area contributed by atoms with Gasteiger partial charge >= 0.3 is 5.97 Å². The van der Waals surface area contributed by atoms with E-state index in [9.17, 15) is 18.0 Å². The summed E-state index contributed by atoms with van der Waals surface area (Å²) in [6.07, 6.45) is 5.16. The van der Waals surface area contributed by atoms with Crippen LogP contribution in [0, 0.1) is 0 Å². The second-order valence-electron chi connectivity index (χ2n) is 6.74. The van der Waals surface area contributed by atoms with Crippen LogP contribution in [-0.2, 0) is 19.6 Å². The third-order valence-corrected chi connectivity index (χ3v) is 6.55. The summed E-state index contributed by atoms with van der Waals surface area (Å²) in [5, 5.41) is 2.51. The van der Waals surface area contributed by atoms with Crippen LogP contribution in [-0.4, -0.2) is 61.4 Å². The summed E-state index contributed by atoms with van der Waals surface area (Å²) in [6.45, 7) is 0.252. The number of piperidine rings is 1. The maximum atomic E-state index is 13.0. The SMILES string of the molecule is COc1ccc(NC(=O)COC(=O)c2nccnc2N)cc1S(=O)(=O)N1CCCCC1. The minimum atomic E-state index is -3.79. The average Bonchev–Trinajstić information content (AvgIpc) is 2.78. The fourth-order valence-electron chi connectivity index (χ4n) is 3.10. The number of rotatable bonds is 7. The highest BCUT2D eigenvalue weighted by Gasteiger charge is 2.29. The predicted molar refractivity (Wildman–Crippen MR) is 111 cm³/mol. The van der Waals surface area contributed by atoms with Crippen molar-refractivity contribution < 1.29 is 27.5 Å². The van der Waals surface area contributed by atoms with E-state index < -0.39 is 28.5 Å². The zero-order chi connectivity index (χ0) is 22.4. The van der Waals surface area contributed by atoms with Crippen LogP contribution in [0.25, 0.3) is 0 Å². The van der Waals surface area contributed by atoms with Gasteiger partial charge in [-0.15, -0.1) is 0 Å². The molecule has 1 aliphatic rings. The number of hydrogen-bond acceptors (Lipinski definition) is 9. The number of nitrogen functional groups attached to an aromatic ring is 1. The summed E-state index contributed by atoms with van der Waals surface area (Å²) < 4.78 is 37.6. The molecule has 166 valence electrons.